The third-order valence-corrected chi connectivity index (χ3v) is 11.7. The summed E-state index contributed by atoms with van der Waals surface area (Å²) >= 11 is 0. The molecule has 4 nitrogen and oxygen atoms in total. The summed E-state index contributed by atoms with van der Waals surface area (Å²) in [5.74, 6) is 11.3. The van der Waals surface area contributed by atoms with Crippen molar-refractivity contribution in [3.63, 3.8) is 0 Å². The zero-order valence-electron chi connectivity index (χ0n) is 35.6. The zero-order valence-corrected chi connectivity index (χ0v) is 35.6. The van der Waals surface area contributed by atoms with Gasteiger partial charge in [-0.15, -0.1) is 25.7 Å². The Labute approximate surface area is 363 Å². The highest BCUT2D eigenvalue weighted by Gasteiger charge is 2.22. The lowest BCUT2D eigenvalue weighted by Crippen LogP contribution is -1.95. The Morgan fingerprint density at radius 1 is 0.355 bits per heavy atom. The smallest absolute Gasteiger partial charge is 0.0737 e. The summed E-state index contributed by atoms with van der Waals surface area (Å²) in [6.07, 6.45) is 32.5. The van der Waals surface area contributed by atoms with E-state index in [1.807, 2.05) is 36.4 Å². The molecule has 7 aromatic rings. The lowest BCUT2D eigenvalue weighted by Gasteiger charge is -2.13. The van der Waals surface area contributed by atoms with Crippen LogP contribution in [0.4, 0.5) is 0 Å². The predicted molar refractivity (Wildman–Crippen MR) is 261 cm³/mol. The molecule has 9 rings (SSSR count). The summed E-state index contributed by atoms with van der Waals surface area (Å²) in [7, 11) is 0. The van der Waals surface area contributed by atoms with Gasteiger partial charge in [0, 0.05) is 66.6 Å². The summed E-state index contributed by atoms with van der Waals surface area (Å²) in [4.78, 5) is 18.7. The highest BCUT2D eigenvalue weighted by atomic mass is 14.8. The molecule has 0 radical (unpaired) electrons. The van der Waals surface area contributed by atoms with Gasteiger partial charge in [0.15, 0.2) is 0 Å². The van der Waals surface area contributed by atoms with Gasteiger partial charge in [0.1, 0.15) is 0 Å². The molecule has 4 heteroatoms. The van der Waals surface area contributed by atoms with Crippen molar-refractivity contribution in [2.24, 2.45) is 0 Å². The Bertz CT molecular complexity index is 3170. The molecule has 62 heavy (non-hydrogen) atoms. The molecule has 0 atom stereocenters. The Hall–Kier alpha value is -8.28. The summed E-state index contributed by atoms with van der Waals surface area (Å²) in [5.41, 5.74) is 23.9. The molecular weight excluding hydrogens is 753 g/mol. The van der Waals surface area contributed by atoms with E-state index in [4.69, 9.17) is 35.7 Å². The average Bonchev–Trinajstić information content (AvgIpc) is 4.10. The van der Waals surface area contributed by atoms with Gasteiger partial charge >= 0.3 is 0 Å². The number of H-pyrrole nitrogens is 2. The van der Waals surface area contributed by atoms with Crippen LogP contribution in [0.1, 0.15) is 78.4 Å². The first-order valence-electron chi connectivity index (χ1n) is 20.5. The van der Waals surface area contributed by atoms with Crippen molar-refractivity contribution < 1.29 is 0 Å². The number of hydrogen-bond acceptors (Lipinski definition) is 2. The summed E-state index contributed by atoms with van der Waals surface area (Å²) < 4.78 is 0. The van der Waals surface area contributed by atoms with Crippen LogP contribution in [-0.4, -0.2) is 19.9 Å². The molecule has 0 spiro atoms. The molecule has 0 unspecified atom stereocenters. The fourth-order valence-electron chi connectivity index (χ4n) is 9.36. The number of terminal acetylenes is 4. The summed E-state index contributed by atoms with van der Waals surface area (Å²) in [6.45, 7) is 12.9. The molecule has 2 aliphatic rings. The third-order valence-electron chi connectivity index (χ3n) is 11.7. The van der Waals surface area contributed by atoms with E-state index in [0.29, 0.717) is 22.3 Å². The predicted octanol–water partition coefficient (Wildman–Crippen LogP) is 13.1. The molecule has 0 aliphatic carbocycles. The molecule has 0 fully saturated rings. The molecule has 2 aliphatic heterocycles. The number of nitrogens with one attached hydrogen (secondary N) is 2. The number of hydrogen-bond donors (Lipinski definition) is 2. The van der Waals surface area contributed by atoms with Crippen molar-refractivity contribution in [2.45, 2.75) is 41.5 Å². The number of rotatable bonds is 4. The van der Waals surface area contributed by atoms with Crippen LogP contribution in [0, 0.1) is 90.9 Å². The van der Waals surface area contributed by atoms with Crippen LogP contribution < -0.4 is 0 Å². The minimum Gasteiger partial charge on any atom is -0.354 e. The molecule has 2 N–H and O–H groups in total. The number of nitrogens with zero attached hydrogens (tertiary/aromatic N) is 2. The fraction of sp³-hybridized carbons (Fsp3) is 0.103. The van der Waals surface area contributed by atoms with Crippen LogP contribution in [0.15, 0.2) is 84.9 Å². The van der Waals surface area contributed by atoms with Crippen LogP contribution >= 0.6 is 0 Å². The Kier molecular flexibility index (Phi) is 9.73. The minimum absolute atomic E-state index is 0.687. The van der Waals surface area contributed by atoms with Crippen molar-refractivity contribution >= 4 is 46.4 Å². The van der Waals surface area contributed by atoms with E-state index in [1.54, 1.807) is 0 Å². The highest BCUT2D eigenvalue weighted by molar-refractivity contribution is 6.01. The normalized spacial score (nSPS) is 11.5. The molecule has 0 saturated heterocycles. The lowest BCUT2D eigenvalue weighted by molar-refractivity contribution is 1.28. The lowest BCUT2D eigenvalue weighted by atomic mass is 9.92. The maximum absolute atomic E-state index is 6.03. The van der Waals surface area contributed by atoms with E-state index in [9.17, 15) is 0 Å². The maximum Gasteiger partial charge on any atom is 0.0737 e. The van der Waals surface area contributed by atoms with E-state index < -0.39 is 0 Å². The van der Waals surface area contributed by atoms with E-state index >= 15 is 0 Å². The van der Waals surface area contributed by atoms with Gasteiger partial charge in [-0.25, -0.2) is 9.97 Å². The van der Waals surface area contributed by atoms with E-state index in [-0.39, 0.29) is 0 Å². The van der Waals surface area contributed by atoms with Gasteiger partial charge in [-0.1, -0.05) is 59.1 Å². The van der Waals surface area contributed by atoms with Crippen molar-refractivity contribution in [1.29, 1.82) is 0 Å². The number of benzene rings is 4. The quantitative estimate of drug-likeness (QED) is 0.174. The molecule has 3 aromatic heterocycles. The fourth-order valence-corrected chi connectivity index (χ4v) is 9.36. The van der Waals surface area contributed by atoms with Crippen molar-refractivity contribution in [2.75, 3.05) is 0 Å². The molecular formula is C58H42N4. The van der Waals surface area contributed by atoms with Gasteiger partial charge in [0.2, 0.25) is 0 Å². The molecule has 5 heterocycles. The first-order chi connectivity index (χ1) is 30.0. The van der Waals surface area contributed by atoms with Gasteiger partial charge in [-0.3, -0.25) is 0 Å². The van der Waals surface area contributed by atoms with Crippen LogP contribution in [0.2, 0.25) is 0 Å². The molecule has 0 saturated carbocycles. The van der Waals surface area contributed by atoms with Crippen LogP contribution in [0.3, 0.4) is 0 Å². The van der Waals surface area contributed by atoms with E-state index in [0.717, 1.165) is 112 Å². The Morgan fingerprint density at radius 2 is 0.629 bits per heavy atom. The van der Waals surface area contributed by atoms with Crippen LogP contribution in [-0.2, 0) is 0 Å². The molecule has 294 valence electrons. The van der Waals surface area contributed by atoms with Gasteiger partial charge in [-0.05, 0) is 171 Å². The topological polar surface area (TPSA) is 57.4 Å². The molecule has 4 aromatic carbocycles. The summed E-state index contributed by atoms with van der Waals surface area (Å²) in [6, 6.07) is 29.1. The van der Waals surface area contributed by atoms with Crippen LogP contribution in [0.25, 0.3) is 90.9 Å². The van der Waals surface area contributed by atoms with Gasteiger partial charge in [0.05, 0.1) is 22.8 Å². The van der Waals surface area contributed by atoms with Gasteiger partial charge in [-0.2, -0.15) is 0 Å². The number of aromatic nitrogens is 4. The van der Waals surface area contributed by atoms with Crippen LogP contribution in [0.5, 0.6) is 0 Å². The second kappa shape index (κ2) is 15.4. The third kappa shape index (κ3) is 6.82. The first-order valence-corrected chi connectivity index (χ1v) is 20.5. The van der Waals surface area contributed by atoms with Gasteiger partial charge in [0.25, 0.3) is 0 Å². The van der Waals surface area contributed by atoms with Crippen molar-refractivity contribution in [3.8, 4) is 93.9 Å². The second-order valence-electron chi connectivity index (χ2n) is 16.2. The van der Waals surface area contributed by atoms with E-state index in [1.165, 1.54) is 11.1 Å². The SMILES string of the molecule is C#Cc1cc(C#C)cc(-c2c3nc(c(-c4c(C)cc(C)cc4C)c4ccc([nH]4)c(-c4cc(C#C)cc(C#C)c4)c4nc(c(-c5c(C)cc(C)cc5C)c5ccc2[nH]5)C=C4)C=C3)c1. The molecule has 0 amide bonds. The Balaban J connectivity index is 1.53. The van der Waals surface area contributed by atoms with Crippen molar-refractivity contribution in [1.82, 2.24) is 19.9 Å². The Morgan fingerprint density at radius 3 is 0.919 bits per heavy atom. The maximum atomic E-state index is 6.03. The molecule has 8 bridgehead atoms. The second-order valence-corrected chi connectivity index (χ2v) is 16.2. The standard InChI is InChI=1S/C58H42N4/c1-11-39-27-40(12-2)30-43(29-39)55-45-15-19-49(59-45)57(53-35(7)23-33(5)24-36(53)8)51-21-17-47(61-51)56(44-31-41(13-3)28-42(14-4)32-44)48-18-22-52(62-48)58(50-20-16-46(55)60-50)54-37(9)25-34(6)26-38(54)10/h1-4,15-32,59,62H,5-10H3. The zero-order chi connectivity index (χ0) is 43.4. The first kappa shape index (κ1) is 39.2. The highest BCUT2D eigenvalue weighted by Crippen LogP contribution is 2.41. The largest absolute Gasteiger partial charge is 0.354 e. The monoisotopic (exact) mass is 794 g/mol. The minimum atomic E-state index is 0.687. The number of aryl methyl sites for hydroxylation is 6. The summed E-state index contributed by atoms with van der Waals surface area (Å²) in [5, 5.41) is 0. The number of aromatic amines is 2. The number of fused-ring (bicyclic) bond motifs is 8. The average molecular weight is 795 g/mol. The van der Waals surface area contributed by atoms with Gasteiger partial charge < -0.3 is 9.97 Å². The van der Waals surface area contributed by atoms with E-state index in [2.05, 4.69) is 148 Å². The van der Waals surface area contributed by atoms with Crippen molar-refractivity contribution in [3.05, 3.63) is 163 Å².